The number of nitrogens with zero attached hydrogens (tertiary/aromatic N) is 1. The molecule has 2 aromatic rings. The van der Waals surface area contributed by atoms with Crippen molar-refractivity contribution in [1.29, 1.82) is 0 Å². The molecule has 1 fully saturated rings. The highest BCUT2D eigenvalue weighted by Crippen LogP contribution is 2.29. The van der Waals surface area contributed by atoms with Crippen LogP contribution >= 0.6 is 11.3 Å². The van der Waals surface area contributed by atoms with Gasteiger partial charge in [0.2, 0.25) is 5.91 Å². The van der Waals surface area contributed by atoms with Gasteiger partial charge in [-0.15, -0.1) is 0 Å². The maximum absolute atomic E-state index is 12.2. The third-order valence-electron chi connectivity index (χ3n) is 4.23. The van der Waals surface area contributed by atoms with Gasteiger partial charge in [-0.1, -0.05) is 54.5 Å². The van der Waals surface area contributed by atoms with Crippen LogP contribution in [0.3, 0.4) is 0 Å². The summed E-state index contributed by atoms with van der Waals surface area (Å²) in [6, 6.07) is 9.32. The number of urea groups is 1. The molecule has 1 aromatic carbocycles. The maximum Gasteiger partial charge on any atom is 0.321 e. The van der Waals surface area contributed by atoms with Gasteiger partial charge in [-0.05, 0) is 18.4 Å². The normalized spacial score (nSPS) is 20.3. The number of primary amides is 1. The van der Waals surface area contributed by atoms with Crippen LogP contribution in [0.4, 0.5) is 9.93 Å². The molecule has 0 saturated heterocycles. The van der Waals surface area contributed by atoms with Gasteiger partial charge in [0.05, 0.1) is 10.8 Å². The van der Waals surface area contributed by atoms with Crippen molar-refractivity contribution in [3.05, 3.63) is 36.5 Å². The molecule has 2 atom stereocenters. The number of nitrogens with one attached hydrogen (secondary N) is 2. The third-order valence-corrected chi connectivity index (χ3v) is 5.19. The van der Waals surface area contributed by atoms with Gasteiger partial charge in [0.25, 0.3) is 0 Å². The van der Waals surface area contributed by atoms with Crippen LogP contribution in [0.15, 0.2) is 36.5 Å². The topological polar surface area (TPSA) is 97.1 Å². The minimum atomic E-state index is -0.347. The predicted octanol–water partition coefficient (Wildman–Crippen LogP) is 2.98. The lowest BCUT2D eigenvalue weighted by Gasteiger charge is -2.29. The number of anilines is 1. The average Bonchev–Trinajstić information content (AvgIpc) is 3.04. The van der Waals surface area contributed by atoms with E-state index in [9.17, 15) is 9.59 Å². The standard InChI is InChI=1S/C17H20N4O2S/c18-15(22)12-8-4-5-9-13(12)20-16(23)21-17-19-10-14(24-17)11-6-2-1-3-7-11/h1-3,6-7,10,12-13H,4-5,8-9H2,(H2,18,22)(H2,19,20,21,23)/t12-,13-/m1/s1. The van der Waals surface area contributed by atoms with Crippen molar-refractivity contribution in [2.24, 2.45) is 11.7 Å². The molecule has 0 aliphatic heterocycles. The zero-order chi connectivity index (χ0) is 16.9. The minimum absolute atomic E-state index is 0.204. The average molecular weight is 344 g/mol. The number of carbonyl (C=O) groups excluding carboxylic acids is 2. The number of nitrogens with two attached hydrogens (primary N) is 1. The first-order valence-corrected chi connectivity index (χ1v) is 8.83. The van der Waals surface area contributed by atoms with E-state index < -0.39 is 0 Å². The summed E-state index contributed by atoms with van der Waals surface area (Å²) in [4.78, 5) is 28.9. The number of carbonyl (C=O) groups is 2. The summed E-state index contributed by atoms with van der Waals surface area (Å²) >= 11 is 1.41. The summed E-state index contributed by atoms with van der Waals surface area (Å²) in [6.45, 7) is 0. The summed E-state index contributed by atoms with van der Waals surface area (Å²) in [7, 11) is 0. The molecule has 1 aliphatic carbocycles. The van der Waals surface area contributed by atoms with Gasteiger partial charge in [-0.2, -0.15) is 0 Å². The maximum atomic E-state index is 12.2. The molecule has 4 N–H and O–H groups in total. The van der Waals surface area contributed by atoms with Crippen LogP contribution in [-0.2, 0) is 4.79 Å². The lowest BCUT2D eigenvalue weighted by molar-refractivity contribution is -0.123. The summed E-state index contributed by atoms with van der Waals surface area (Å²) in [5.41, 5.74) is 6.49. The second-order valence-electron chi connectivity index (χ2n) is 5.89. The van der Waals surface area contributed by atoms with Crippen LogP contribution in [0.1, 0.15) is 25.7 Å². The van der Waals surface area contributed by atoms with Crippen molar-refractivity contribution in [3.63, 3.8) is 0 Å². The van der Waals surface area contributed by atoms with Gasteiger partial charge < -0.3 is 11.1 Å². The smallest absolute Gasteiger partial charge is 0.321 e. The lowest BCUT2D eigenvalue weighted by Crippen LogP contribution is -2.48. The molecular weight excluding hydrogens is 324 g/mol. The van der Waals surface area contributed by atoms with Crippen molar-refractivity contribution >= 4 is 28.4 Å². The van der Waals surface area contributed by atoms with E-state index in [1.165, 1.54) is 11.3 Å². The summed E-state index contributed by atoms with van der Waals surface area (Å²) in [5, 5.41) is 6.13. The molecule has 0 bridgehead atoms. The largest absolute Gasteiger partial charge is 0.369 e. The Morgan fingerprint density at radius 2 is 1.92 bits per heavy atom. The van der Waals surface area contributed by atoms with Gasteiger partial charge in [-0.3, -0.25) is 10.1 Å². The first kappa shape index (κ1) is 16.4. The molecule has 1 aliphatic rings. The molecule has 1 aromatic heterocycles. The number of rotatable bonds is 4. The molecule has 1 saturated carbocycles. The van der Waals surface area contributed by atoms with Crippen LogP contribution in [0.25, 0.3) is 10.4 Å². The Morgan fingerprint density at radius 1 is 1.17 bits per heavy atom. The van der Waals surface area contributed by atoms with Crippen LogP contribution in [0.5, 0.6) is 0 Å². The number of benzene rings is 1. The third kappa shape index (κ3) is 3.91. The Labute approximate surface area is 144 Å². The number of amides is 3. The molecule has 0 unspecified atom stereocenters. The van der Waals surface area contributed by atoms with Gasteiger partial charge in [0, 0.05) is 12.2 Å². The van der Waals surface area contributed by atoms with Crippen LogP contribution in [0.2, 0.25) is 0 Å². The van der Waals surface area contributed by atoms with Crippen molar-refractivity contribution < 1.29 is 9.59 Å². The highest BCUT2D eigenvalue weighted by Gasteiger charge is 2.30. The van der Waals surface area contributed by atoms with E-state index in [0.29, 0.717) is 5.13 Å². The fourth-order valence-corrected chi connectivity index (χ4v) is 3.83. The van der Waals surface area contributed by atoms with Crippen molar-refractivity contribution in [3.8, 4) is 10.4 Å². The number of aromatic nitrogens is 1. The van der Waals surface area contributed by atoms with E-state index in [2.05, 4.69) is 15.6 Å². The Kier molecular flexibility index (Phi) is 5.10. The second-order valence-corrected chi connectivity index (χ2v) is 6.92. The Bertz CT molecular complexity index is 716. The predicted molar refractivity (Wildman–Crippen MR) is 94.6 cm³/mol. The molecule has 1 heterocycles. The van der Waals surface area contributed by atoms with Gasteiger partial charge >= 0.3 is 6.03 Å². The first-order valence-electron chi connectivity index (χ1n) is 8.01. The summed E-state index contributed by atoms with van der Waals surface area (Å²) < 4.78 is 0. The van der Waals surface area contributed by atoms with Crippen molar-refractivity contribution in [1.82, 2.24) is 10.3 Å². The molecule has 3 amide bonds. The zero-order valence-corrected chi connectivity index (χ0v) is 14.0. The second kappa shape index (κ2) is 7.44. The molecule has 126 valence electrons. The molecule has 0 spiro atoms. The van der Waals surface area contributed by atoms with Crippen LogP contribution < -0.4 is 16.4 Å². The Morgan fingerprint density at radius 3 is 2.67 bits per heavy atom. The molecule has 3 rings (SSSR count). The van der Waals surface area contributed by atoms with Gasteiger partial charge in [0.15, 0.2) is 5.13 Å². The fraction of sp³-hybridized carbons (Fsp3) is 0.353. The SMILES string of the molecule is NC(=O)[C@@H]1CCCC[C@H]1NC(=O)Nc1ncc(-c2ccccc2)s1. The Balaban J connectivity index is 1.61. The van der Waals surface area contributed by atoms with Crippen LogP contribution in [0, 0.1) is 5.92 Å². The van der Waals surface area contributed by atoms with Crippen molar-refractivity contribution in [2.45, 2.75) is 31.7 Å². The van der Waals surface area contributed by atoms with E-state index in [1.54, 1.807) is 6.20 Å². The first-order chi connectivity index (χ1) is 11.6. The van der Waals surface area contributed by atoms with E-state index in [4.69, 9.17) is 5.73 Å². The molecule has 7 heteroatoms. The monoisotopic (exact) mass is 344 g/mol. The van der Waals surface area contributed by atoms with E-state index in [-0.39, 0.29) is 23.9 Å². The zero-order valence-electron chi connectivity index (χ0n) is 13.2. The van der Waals surface area contributed by atoms with Crippen molar-refractivity contribution in [2.75, 3.05) is 5.32 Å². The van der Waals surface area contributed by atoms with Gasteiger partial charge in [-0.25, -0.2) is 9.78 Å². The highest BCUT2D eigenvalue weighted by molar-refractivity contribution is 7.19. The minimum Gasteiger partial charge on any atom is -0.369 e. The molecule has 6 nitrogen and oxygen atoms in total. The molecule has 0 radical (unpaired) electrons. The van der Waals surface area contributed by atoms with E-state index in [1.807, 2.05) is 30.3 Å². The van der Waals surface area contributed by atoms with Crippen LogP contribution in [-0.4, -0.2) is 23.0 Å². The van der Waals surface area contributed by atoms with Gasteiger partial charge in [0.1, 0.15) is 0 Å². The lowest BCUT2D eigenvalue weighted by atomic mass is 9.84. The summed E-state index contributed by atoms with van der Waals surface area (Å²) in [6.07, 6.45) is 5.21. The summed E-state index contributed by atoms with van der Waals surface area (Å²) in [5.74, 6) is -0.638. The molecular formula is C17H20N4O2S. The quantitative estimate of drug-likeness (QED) is 0.795. The number of hydrogen-bond acceptors (Lipinski definition) is 4. The fourth-order valence-electron chi connectivity index (χ4n) is 3.01. The molecule has 24 heavy (non-hydrogen) atoms. The number of thiazole rings is 1. The number of hydrogen-bond donors (Lipinski definition) is 3. The van der Waals surface area contributed by atoms with E-state index >= 15 is 0 Å². The highest BCUT2D eigenvalue weighted by atomic mass is 32.1. The Hall–Kier alpha value is -2.41. The van der Waals surface area contributed by atoms with E-state index in [0.717, 1.165) is 36.1 Å².